The van der Waals surface area contributed by atoms with Crippen molar-refractivity contribution in [1.82, 2.24) is 0 Å². The molecule has 7 heteroatoms. The number of nitrogens with zero attached hydrogens (tertiary/aromatic N) is 1. The highest BCUT2D eigenvalue weighted by atomic mass is 32.2. The first-order valence-corrected chi connectivity index (χ1v) is 11.6. The number of rotatable bonds is 6. The standard InChI is InChI=1S/C24H24N2O4S/c1-18(30-21-10-4-2-5-11-21)24(27)25-20-14-15-23-19(17-20)9-8-16-26(23)31(28,29)22-12-6-3-7-13-22/h2-7,10-15,17-18H,8-9,16H2,1H3,(H,25,27). The van der Waals surface area contributed by atoms with Gasteiger partial charge in [-0.25, -0.2) is 8.42 Å². The van der Waals surface area contributed by atoms with Crippen LogP contribution < -0.4 is 14.4 Å². The number of para-hydroxylation sites is 1. The minimum absolute atomic E-state index is 0.270. The van der Waals surface area contributed by atoms with Crippen molar-refractivity contribution in [2.75, 3.05) is 16.2 Å². The Kier molecular flexibility index (Phi) is 5.95. The van der Waals surface area contributed by atoms with Crippen LogP contribution in [0, 0.1) is 0 Å². The molecule has 3 aromatic carbocycles. The van der Waals surface area contributed by atoms with Gasteiger partial charge in [0.1, 0.15) is 5.75 Å². The average molecular weight is 437 g/mol. The summed E-state index contributed by atoms with van der Waals surface area (Å²) in [5.74, 6) is 0.353. The predicted molar refractivity (Wildman–Crippen MR) is 121 cm³/mol. The van der Waals surface area contributed by atoms with Crippen LogP contribution in [0.2, 0.25) is 0 Å². The second-order valence-electron chi connectivity index (χ2n) is 7.40. The number of carbonyl (C=O) groups is 1. The van der Waals surface area contributed by atoms with Crippen LogP contribution in [0.25, 0.3) is 0 Å². The van der Waals surface area contributed by atoms with Gasteiger partial charge in [0.2, 0.25) is 0 Å². The fourth-order valence-electron chi connectivity index (χ4n) is 3.61. The van der Waals surface area contributed by atoms with Crippen molar-refractivity contribution in [1.29, 1.82) is 0 Å². The molecule has 6 nitrogen and oxygen atoms in total. The number of nitrogens with one attached hydrogen (secondary N) is 1. The first-order chi connectivity index (χ1) is 14.9. The molecule has 0 aromatic heterocycles. The summed E-state index contributed by atoms with van der Waals surface area (Å²) >= 11 is 0. The van der Waals surface area contributed by atoms with Crippen LogP contribution in [0.1, 0.15) is 18.9 Å². The predicted octanol–water partition coefficient (Wildman–Crippen LogP) is 4.23. The lowest BCUT2D eigenvalue weighted by Crippen LogP contribution is -2.35. The van der Waals surface area contributed by atoms with Crippen LogP contribution in [-0.4, -0.2) is 27.0 Å². The van der Waals surface area contributed by atoms with Crippen LogP contribution in [0.15, 0.2) is 83.8 Å². The molecule has 1 aliphatic heterocycles. The summed E-state index contributed by atoms with van der Waals surface area (Å²) in [5.41, 5.74) is 2.16. The molecule has 31 heavy (non-hydrogen) atoms. The Morgan fingerprint density at radius 1 is 1.00 bits per heavy atom. The van der Waals surface area contributed by atoms with Crippen molar-refractivity contribution in [2.45, 2.75) is 30.8 Å². The monoisotopic (exact) mass is 436 g/mol. The molecule has 160 valence electrons. The number of amides is 1. The van der Waals surface area contributed by atoms with E-state index in [2.05, 4.69) is 5.32 Å². The van der Waals surface area contributed by atoms with Crippen LogP contribution in [-0.2, 0) is 21.2 Å². The highest BCUT2D eigenvalue weighted by molar-refractivity contribution is 7.92. The molecule has 0 spiro atoms. The number of sulfonamides is 1. The summed E-state index contributed by atoms with van der Waals surface area (Å²) in [6, 6.07) is 22.9. The van der Waals surface area contributed by atoms with E-state index in [-0.39, 0.29) is 10.8 Å². The summed E-state index contributed by atoms with van der Waals surface area (Å²) < 4.78 is 33.4. The molecule has 0 fully saturated rings. The third-order valence-electron chi connectivity index (χ3n) is 5.18. The maximum atomic E-state index is 13.1. The van der Waals surface area contributed by atoms with Gasteiger partial charge in [-0.15, -0.1) is 0 Å². The van der Waals surface area contributed by atoms with Crippen molar-refractivity contribution in [3.05, 3.63) is 84.4 Å². The molecule has 1 atom stereocenters. The van der Waals surface area contributed by atoms with Crippen molar-refractivity contribution in [3.8, 4) is 5.75 Å². The molecule has 1 aliphatic rings. The van der Waals surface area contributed by atoms with Gasteiger partial charge in [0.15, 0.2) is 6.10 Å². The van der Waals surface area contributed by atoms with Gasteiger partial charge < -0.3 is 10.1 Å². The zero-order valence-electron chi connectivity index (χ0n) is 17.2. The van der Waals surface area contributed by atoms with Gasteiger partial charge in [-0.1, -0.05) is 36.4 Å². The number of carbonyl (C=O) groups excluding carboxylic acids is 1. The van der Waals surface area contributed by atoms with Gasteiger partial charge in [-0.05, 0) is 67.8 Å². The quantitative estimate of drug-likeness (QED) is 0.627. The summed E-state index contributed by atoms with van der Waals surface area (Å²) in [5, 5.41) is 2.87. The smallest absolute Gasteiger partial charge is 0.265 e. The maximum Gasteiger partial charge on any atom is 0.265 e. The molecule has 4 rings (SSSR count). The number of fused-ring (bicyclic) bond motifs is 1. The Hall–Kier alpha value is -3.32. The molecule has 1 N–H and O–H groups in total. The molecule has 0 saturated carbocycles. The maximum absolute atomic E-state index is 13.1. The Balaban J connectivity index is 1.51. The highest BCUT2D eigenvalue weighted by Crippen LogP contribution is 2.33. The third kappa shape index (κ3) is 4.56. The van der Waals surface area contributed by atoms with E-state index < -0.39 is 16.1 Å². The summed E-state index contributed by atoms with van der Waals surface area (Å²) in [4.78, 5) is 12.8. The molecular weight excluding hydrogens is 412 g/mol. The molecule has 0 radical (unpaired) electrons. The second-order valence-corrected chi connectivity index (χ2v) is 9.26. The molecular formula is C24H24N2O4S. The summed E-state index contributed by atoms with van der Waals surface area (Å²) in [6.45, 7) is 2.12. The van der Waals surface area contributed by atoms with Crippen molar-refractivity contribution in [2.24, 2.45) is 0 Å². The fourth-order valence-corrected chi connectivity index (χ4v) is 5.17. The summed E-state index contributed by atoms with van der Waals surface area (Å²) in [6.07, 6.45) is 0.785. The molecule has 0 bridgehead atoms. The minimum Gasteiger partial charge on any atom is -0.481 e. The highest BCUT2D eigenvalue weighted by Gasteiger charge is 2.29. The third-order valence-corrected chi connectivity index (χ3v) is 7.01. The van der Waals surface area contributed by atoms with E-state index in [1.807, 2.05) is 24.3 Å². The van der Waals surface area contributed by atoms with Gasteiger partial charge >= 0.3 is 0 Å². The van der Waals surface area contributed by atoms with Crippen molar-refractivity contribution >= 4 is 27.3 Å². The van der Waals surface area contributed by atoms with E-state index >= 15 is 0 Å². The van der Waals surface area contributed by atoms with Crippen molar-refractivity contribution in [3.63, 3.8) is 0 Å². The van der Waals surface area contributed by atoms with Gasteiger partial charge in [0.25, 0.3) is 15.9 Å². The van der Waals surface area contributed by atoms with Crippen LogP contribution in [0.4, 0.5) is 11.4 Å². The molecule has 0 aliphatic carbocycles. The first-order valence-electron chi connectivity index (χ1n) is 10.2. The lowest BCUT2D eigenvalue weighted by molar-refractivity contribution is -0.122. The van der Waals surface area contributed by atoms with Crippen LogP contribution in [0.5, 0.6) is 5.75 Å². The molecule has 1 heterocycles. The summed E-state index contributed by atoms with van der Waals surface area (Å²) in [7, 11) is -3.63. The minimum atomic E-state index is -3.63. The first kappa shape index (κ1) is 20.9. The number of aryl methyl sites for hydroxylation is 1. The Bertz CT molecular complexity index is 1160. The van der Waals surface area contributed by atoms with Crippen molar-refractivity contribution < 1.29 is 17.9 Å². The molecule has 3 aromatic rings. The van der Waals surface area contributed by atoms with E-state index in [4.69, 9.17) is 4.74 Å². The number of hydrogen-bond donors (Lipinski definition) is 1. The van der Waals surface area contributed by atoms with E-state index in [0.29, 0.717) is 30.1 Å². The second kappa shape index (κ2) is 8.81. The van der Waals surface area contributed by atoms with E-state index in [1.54, 1.807) is 61.5 Å². The Morgan fingerprint density at radius 3 is 2.39 bits per heavy atom. The van der Waals surface area contributed by atoms with Gasteiger partial charge in [0, 0.05) is 12.2 Å². The number of hydrogen-bond acceptors (Lipinski definition) is 4. The molecule has 1 unspecified atom stereocenters. The van der Waals surface area contributed by atoms with Crippen LogP contribution in [0.3, 0.4) is 0 Å². The number of anilines is 2. The van der Waals surface area contributed by atoms with Gasteiger partial charge in [0.05, 0.1) is 10.6 Å². The fraction of sp³-hybridized carbons (Fsp3) is 0.208. The van der Waals surface area contributed by atoms with Gasteiger partial charge in [-0.2, -0.15) is 0 Å². The van der Waals surface area contributed by atoms with Crippen LogP contribution >= 0.6 is 0 Å². The zero-order valence-corrected chi connectivity index (χ0v) is 18.0. The number of benzene rings is 3. The Labute approximate surface area is 182 Å². The Morgan fingerprint density at radius 2 is 1.68 bits per heavy atom. The zero-order chi connectivity index (χ0) is 21.8. The van der Waals surface area contributed by atoms with E-state index in [0.717, 1.165) is 12.0 Å². The molecule has 1 amide bonds. The normalized spacial score (nSPS) is 14.4. The van der Waals surface area contributed by atoms with E-state index in [9.17, 15) is 13.2 Å². The lowest BCUT2D eigenvalue weighted by Gasteiger charge is -2.31. The average Bonchev–Trinajstić information content (AvgIpc) is 2.79. The SMILES string of the molecule is CC(Oc1ccccc1)C(=O)Nc1ccc2c(c1)CCCN2S(=O)(=O)c1ccccc1. The van der Waals surface area contributed by atoms with Gasteiger partial charge in [-0.3, -0.25) is 9.10 Å². The molecule has 0 saturated heterocycles. The number of ether oxygens (including phenoxy) is 1. The van der Waals surface area contributed by atoms with E-state index in [1.165, 1.54) is 4.31 Å². The lowest BCUT2D eigenvalue weighted by atomic mass is 10.0. The topological polar surface area (TPSA) is 75.7 Å². The largest absolute Gasteiger partial charge is 0.481 e.